The molecule has 0 radical (unpaired) electrons. The molecule has 1 aromatic heterocycles. The Labute approximate surface area is 147 Å². The van der Waals surface area contributed by atoms with Crippen molar-refractivity contribution in [1.82, 2.24) is 20.0 Å². The summed E-state index contributed by atoms with van der Waals surface area (Å²) in [6.45, 7) is 6.20. The summed E-state index contributed by atoms with van der Waals surface area (Å²) < 4.78 is 16.0. The van der Waals surface area contributed by atoms with Gasteiger partial charge in [-0.05, 0) is 51.9 Å². The molecular weight excluding hydrogens is 319 g/mol. The first-order valence-electron chi connectivity index (χ1n) is 8.88. The van der Waals surface area contributed by atoms with Gasteiger partial charge in [-0.25, -0.2) is 4.39 Å². The molecule has 3 rings (SSSR count). The molecule has 1 aromatic carbocycles. The highest BCUT2D eigenvalue weighted by atomic mass is 19.1. The largest absolute Gasteiger partial charge is 0.349 e. The zero-order valence-electron chi connectivity index (χ0n) is 14.8. The zero-order chi connectivity index (χ0) is 17.8. The van der Waals surface area contributed by atoms with Gasteiger partial charge >= 0.3 is 0 Å². The minimum atomic E-state index is -0.221. The third-order valence-corrected chi connectivity index (χ3v) is 4.69. The summed E-state index contributed by atoms with van der Waals surface area (Å²) in [5.74, 6) is -0.396. The fourth-order valence-electron chi connectivity index (χ4n) is 3.42. The van der Waals surface area contributed by atoms with Crippen LogP contribution in [0.25, 0.3) is 0 Å². The molecule has 1 N–H and O–H groups in total. The van der Waals surface area contributed by atoms with Crippen LogP contribution >= 0.6 is 0 Å². The van der Waals surface area contributed by atoms with Crippen LogP contribution in [-0.2, 0) is 0 Å². The number of amides is 1. The van der Waals surface area contributed by atoms with E-state index in [0.29, 0.717) is 17.8 Å². The summed E-state index contributed by atoms with van der Waals surface area (Å²) in [6, 6.07) is 8.50. The van der Waals surface area contributed by atoms with Crippen molar-refractivity contribution in [3.8, 4) is 0 Å². The van der Waals surface area contributed by atoms with E-state index in [2.05, 4.69) is 15.3 Å². The third-order valence-electron chi connectivity index (χ3n) is 4.69. The van der Waals surface area contributed by atoms with Gasteiger partial charge < -0.3 is 5.32 Å². The Morgan fingerprint density at radius 1 is 1.24 bits per heavy atom. The van der Waals surface area contributed by atoms with E-state index in [9.17, 15) is 9.18 Å². The fraction of sp³-hybridized carbons (Fsp3) is 0.474. The molecule has 1 aliphatic rings. The summed E-state index contributed by atoms with van der Waals surface area (Å²) >= 11 is 0. The summed E-state index contributed by atoms with van der Waals surface area (Å²) in [5.41, 5.74) is 1.17. The molecule has 6 heteroatoms. The number of benzene rings is 1. The van der Waals surface area contributed by atoms with Crippen LogP contribution in [-0.4, -0.2) is 40.2 Å². The Kier molecular flexibility index (Phi) is 5.48. The number of hydrogen-bond acceptors (Lipinski definition) is 3. The predicted octanol–water partition coefficient (Wildman–Crippen LogP) is 3.17. The standard InChI is InChI=1S/C19H25FN4O/c1-14(2)24-17(9-10-22-24)19(25)21-13-18(23-11-5-6-12-23)15-7-3-4-8-16(15)20/h3-4,7-10,14,18H,5-6,11-13H2,1-2H3,(H,21,25). The molecule has 2 heterocycles. The predicted molar refractivity (Wildman–Crippen MR) is 94.9 cm³/mol. The number of carbonyl (C=O) groups excluding carboxylic acids is 1. The Hall–Kier alpha value is -2.21. The van der Waals surface area contributed by atoms with Crippen molar-refractivity contribution in [1.29, 1.82) is 0 Å². The quantitative estimate of drug-likeness (QED) is 0.876. The van der Waals surface area contributed by atoms with Crippen LogP contribution < -0.4 is 5.32 Å². The molecule has 5 nitrogen and oxygen atoms in total. The average Bonchev–Trinajstić information content (AvgIpc) is 3.28. The second-order valence-electron chi connectivity index (χ2n) is 6.75. The molecule has 134 valence electrons. The Morgan fingerprint density at radius 2 is 1.96 bits per heavy atom. The van der Waals surface area contributed by atoms with Crippen LogP contribution in [0.3, 0.4) is 0 Å². The zero-order valence-corrected chi connectivity index (χ0v) is 14.8. The van der Waals surface area contributed by atoms with Crippen LogP contribution in [0.2, 0.25) is 0 Å². The third kappa shape index (κ3) is 3.90. The van der Waals surface area contributed by atoms with Gasteiger partial charge in [0.05, 0.1) is 6.04 Å². The monoisotopic (exact) mass is 344 g/mol. The van der Waals surface area contributed by atoms with Crippen LogP contribution in [0, 0.1) is 5.82 Å². The number of rotatable bonds is 6. The molecular formula is C19H25FN4O. The lowest BCUT2D eigenvalue weighted by Gasteiger charge is -2.28. The van der Waals surface area contributed by atoms with Gasteiger partial charge in [-0.2, -0.15) is 5.10 Å². The van der Waals surface area contributed by atoms with Crippen molar-refractivity contribution in [3.63, 3.8) is 0 Å². The topological polar surface area (TPSA) is 50.2 Å². The first-order valence-corrected chi connectivity index (χ1v) is 8.88. The van der Waals surface area contributed by atoms with E-state index < -0.39 is 0 Å². The Morgan fingerprint density at radius 3 is 2.64 bits per heavy atom. The normalized spacial score (nSPS) is 16.3. The van der Waals surface area contributed by atoms with Crippen LogP contribution in [0.15, 0.2) is 36.5 Å². The van der Waals surface area contributed by atoms with Gasteiger partial charge in [-0.3, -0.25) is 14.4 Å². The first-order chi connectivity index (χ1) is 12.1. The van der Waals surface area contributed by atoms with Crippen molar-refractivity contribution >= 4 is 5.91 Å². The highest BCUT2D eigenvalue weighted by molar-refractivity contribution is 5.92. The van der Waals surface area contributed by atoms with E-state index in [1.165, 1.54) is 6.07 Å². The summed E-state index contributed by atoms with van der Waals surface area (Å²) in [4.78, 5) is 14.8. The van der Waals surface area contributed by atoms with Crippen LogP contribution in [0.1, 0.15) is 54.8 Å². The lowest BCUT2D eigenvalue weighted by atomic mass is 10.0. The number of hydrogen-bond donors (Lipinski definition) is 1. The summed E-state index contributed by atoms with van der Waals surface area (Å²) in [6.07, 6.45) is 3.85. The molecule has 1 aliphatic heterocycles. The van der Waals surface area contributed by atoms with E-state index in [4.69, 9.17) is 0 Å². The van der Waals surface area contributed by atoms with E-state index in [1.807, 2.05) is 26.0 Å². The minimum absolute atomic E-state index is 0.108. The fourth-order valence-corrected chi connectivity index (χ4v) is 3.42. The van der Waals surface area contributed by atoms with Crippen molar-refractivity contribution in [2.75, 3.05) is 19.6 Å². The van der Waals surface area contributed by atoms with Gasteiger partial charge in [0.2, 0.25) is 0 Å². The van der Waals surface area contributed by atoms with Crippen molar-refractivity contribution in [2.24, 2.45) is 0 Å². The maximum atomic E-state index is 14.3. The number of nitrogens with zero attached hydrogens (tertiary/aromatic N) is 3. The van der Waals surface area contributed by atoms with Crippen LogP contribution in [0.4, 0.5) is 4.39 Å². The van der Waals surface area contributed by atoms with Crippen LogP contribution in [0.5, 0.6) is 0 Å². The molecule has 1 atom stereocenters. The maximum absolute atomic E-state index is 14.3. The number of halogens is 1. The molecule has 2 aromatic rings. The SMILES string of the molecule is CC(C)n1nccc1C(=O)NCC(c1ccccc1F)N1CCCC1. The van der Waals surface area contributed by atoms with Gasteiger partial charge in [0.1, 0.15) is 11.5 Å². The first kappa shape index (κ1) is 17.6. The molecule has 1 fully saturated rings. The lowest BCUT2D eigenvalue weighted by Crippen LogP contribution is -2.38. The minimum Gasteiger partial charge on any atom is -0.349 e. The van der Waals surface area contributed by atoms with E-state index in [0.717, 1.165) is 25.9 Å². The van der Waals surface area contributed by atoms with Gasteiger partial charge in [0.25, 0.3) is 5.91 Å². The van der Waals surface area contributed by atoms with E-state index in [1.54, 1.807) is 23.0 Å². The molecule has 0 aliphatic carbocycles. The Bertz CT molecular complexity index is 722. The van der Waals surface area contributed by atoms with Crippen molar-refractivity contribution in [3.05, 3.63) is 53.6 Å². The smallest absolute Gasteiger partial charge is 0.269 e. The molecule has 25 heavy (non-hydrogen) atoms. The highest BCUT2D eigenvalue weighted by Gasteiger charge is 2.26. The van der Waals surface area contributed by atoms with E-state index in [-0.39, 0.29) is 23.8 Å². The maximum Gasteiger partial charge on any atom is 0.269 e. The van der Waals surface area contributed by atoms with Gasteiger partial charge in [0, 0.05) is 24.3 Å². The highest BCUT2D eigenvalue weighted by Crippen LogP contribution is 2.26. The van der Waals surface area contributed by atoms with Crippen molar-refractivity contribution < 1.29 is 9.18 Å². The number of carbonyl (C=O) groups is 1. The second-order valence-corrected chi connectivity index (χ2v) is 6.75. The number of nitrogens with one attached hydrogen (secondary N) is 1. The molecule has 1 unspecified atom stereocenters. The van der Waals surface area contributed by atoms with Gasteiger partial charge in [-0.1, -0.05) is 18.2 Å². The molecule has 0 bridgehead atoms. The van der Waals surface area contributed by atoms with Gasteiger partial charge in [0.15, 0.2) is 0 Å². The molecule has 0 spiro atoms. The van der Waals surface area contributed by atoms with E-state index >= 15 is 0 Å². The summed E-state index contributed by atoms with van der Waals surface area (Å²) in [7, 11) is 0. The molecule has 0 saturated carbocycles. The summed E-state index contributed by atoms with van der Waals surface area (Å²) in [5, 5.41) is 7.17. The average molecular weight is 344 g/mol. The Balaban J connectivity index is 1.76. The number of aromatic nitrogens is 2. The van der Waals surface area contributed by atoms with Gasteiger partial charge in [-0.15, -0.1) is 0 Å². The molecule has 1 amide bonds. The molecule has 1 saturated heterocycles. The lowest BCUT2D eigenvalue weighted by molar-refractivity contribution is 0.0924. The second kappa shape index (κ2) is 7.78. The number of likely N-dealkylation sites (tertiary alicyclic amines) is 1. The van der Waals surface area contributed by atoms with Crippen molar-refractivity contribution in [2.45, 2.75) is 38.8 Å².